The summed E-state index contributed by atoms with van der Waals surface area (Å²) in [5, 5.41) is 4.03. The van der Waals surface area contributed by atoms with Crippen LogP contribution in [0.3, 0.4) is 0 Å². The van der Waals surface area contributed by atoms with E-state index in [1.54, 1.807) is 6.07 Å². The van der Waals surface area contributed by atoms with Gasteiger partial charge in [-0.25, -0.2) is 4.39 Å². The molecule has 2 aliphatic heterocycles. The Morgan fingerprint density at radius 1 is 1.11 bits per heavy atom. The third kappa shape index (κ3) is 4.32. The Morgan fingerprint density at radius 3 is 2.43 bits per heavy atom. The lowest BCUT2D eigenvalue weighted by atomic mass is 9.85. The number of nitrogens with one attached hydrogen (secondary N) is 1. The lowest BCUT2D eigenvalue weighted by Gasteiger charge is -2.44. The first-order chi connectivity index (χ1) is 17.4. The van der Waals surface area contributed by atoms with E-state index >= 15 is 0 Å². The number of halogens is 2. The standard InChI is InChI=1S/C29H34ClFN4O2/c1-18(2)35-17-32-27(37)29(35)10-12-33(13-11-29)26(36)20-6-8-21-22(19-7-9-23(30)24(31)14-19)16-34(25(21)15-20)28(3,4)5/h6-9,14-16,18H,10-13,17H2,1-5H3,(H,32,37). The van der Waals surface area contributed by atoms with E-state index in [-0.39, 0.29) is 28.4 Å². The Balaban J connectivity index is 1.46. The minimum Gasteiger partial charge on any atom is -0.342 e. The van der Waals surface area contributed by atoms with Gasteiger partial charge < -0.3 is 14.8 Å². The van der Waals surface area contributed by atoms with E-state index in [1.165, 1.54) is 6.07 Å². The van der Waals surface area contributed by atoms with E-state index in [0.717, 1.165) is 22.0 Å². The fourth-order valence-electron chi connectivity index (χ4n) is 5.87. The molecular weight excluding hydrogens is 491 g/mol. The number of benzene rings is 2. The summed E-state index contributed by atoms with van der Waals surface area (Å²) in [5.41, 5.74) is 2.37. The van der Waals surface area contributed by atoms with Gasteiger partial charge in [0.2, 0.25) is 5.91 Å². The van der Waals surface area contributed by atoms with Crippen molar-refractivity contribution in [2.24, 2.45) is 0 Å². The van der Waals surface area contributed by atoms with Gasteiger partial charge in [0.1, 0.15) is 11.4 Å². The number of likely N-dealkylation sites (tertiary alicyclic amines) is 1. The molecule has 0 saturated carbocycles. The van der Waals surface area contributed by atoms with Crippen LogP contribution in [0.1, 0.15) is 57.8 Å². The quantitative estimate of drug-likeness (QED) is 0.483. The smallest absolute Gasteiger partial charge is 0.253 e. The molecule has 1 spiro atoms. The van der Waals surface area contributed by atoms with Crippen LogP contribution in [0, 0.1) is 5.82 Å². The van der Waals surface area contributed by atoms with Crippen LogP contribution < -0.4 is 5.32 Å². The van der Waals surface area contributed by atoms with Gasteiger partial charge in [-0.05, 0) is 77.3 Å². The van der Waals surface area contributed by atoms with Gasteiger partial charge in [0.15, 0.2) is 0 Å². The van der Waals surface area contributed by atoms with Crippen molar-refractivity contribution in [1.29, 1.82) is 0 Å². The lowest BCUT2D eigenvalue weighted by Crippen LogP contribution is -2.58. The number of carbonyl (C=O) groups excluding carboxylic acids is 2. The van der Waals surface area contributed by atoms with Crippen LogP contribution in [0.15, 0.2) is 42.6 Å². The SMILES string of the molecule is CC(C)N1CNC(=O)C12CCN(C(=O)c1ccc3c(-c4ccc(Cl)c(F)c4)cn(C(C)(C)C)c3c1)CC2. The molecule has 196 valence electrons. The minimum absolute atomic E-state index is 0.0352. The molecule has 3 heterocycles. The number of nitrogens with zero attached hydrogens (tertiary/aromatic N) is 3. The fraction of sp³-hybridized carbons (Fsp3) is 0.448. The van der Waals surface area contributed by atoms with Crippen molar-refractivity contribution in [3.63, 3.8) is 0 Å². The van der Waals surface area contributed by atoms with Crippen LogP contribution in [0.4, 0.5) is 4.39 Å². The normalized spacial score (nSPS) is 18.3. The molecule has 8 heteroatoms. The van der Waals surface area contributed by atoms with Crippen LogP contribution in [-0.4, -0.2) is 57.5 Å². The molecule has 0 unspecified atom stereocenters. The number of hydrogen-bond donors (Lipinski definition) is 1. The highest BCUT2D eigenvalue weighted by Gasteiger charge is 2.51. The van der Waals surface area contributed by atoms with Gasteiger partial charge in [-0.3, -0.25) is 14.5 Å². The molecule has 0 radical (unpaired) electrons. The van der Waals surface area contributed by atoms with Crippen molar-refractivity contribution in [3.05, 3.63) is 59.0 Å². The highest BCUT2D eigenvalue weighted by molar-refractivity contribution is 6.30. The molecule has 2 aliphatic rings. The predicted molar refractivity (Wildman–Crippen MR) is 145 cm³/mol. The number of fused-ring (bicyclic) bond motifs is 1. The molecule has 1 N–H and O–H groups in total. The summed E-state index contributed by atoms with van der Waals surface area (Å²) in [5.74, 6) is -0.423. The van der Waals surface area contributed by atoms with E-state index in [2.05, 4.69) is 49.4 Å². The minimum atomic E-state index is -0.529. The maximum Gasteiger partial charge on any atom is 0.253 e. The third-order valence-corrected chi connectivity index (χ3v) is 8.20. The van der Waals surface area contributed by atoms with Crippen molar-refractivity contribution < 1.29 is 14.0 Å². The number of aromatic nitrogens is 1. The van der Waals surface area contributed by atoms with Gasteiger partial charge >= 0.3 is 0 Å². The van der Waals surface area contributed by atoms with Crippen LogP contribution in [0.5, 0.6) is 0 Å². The summed E-state index contributed by atoms with van der Waals surface area (Å²) in [6, 6.07) is 10.8. The predicted octanol–water partition coefficient (Wildman–Crippen LogP) is 5.63. The Labute approximate surface area is 222 Å². The monoisotopic (exact) mass is 524 g/mol. The molecule has 3 aromatic rings. The molecule has 0 aliphatic carbocycles. The second-order valence-electron chi connectivity index (χ2n) is 11.5. The fourth-order valence-corrected chi connectivity index (χ4v) is 5.98. The number of carbonyl (C=O) groups is 2. The Bertz CT molecular complexity index is 1380. The third-order valence-electron chi connectivity index (χ3n) is 7.89. The summed E-state index contributed by atoms with van der Waals surface area (Å²) >= 11 is 5.92. The molecule has 0 atom stereocenters. The topological polar surface area (TPSA) is 57.6 Å². The molecular formula is C29H34ClFN4O2. The van der Waals surface area contributed by atoms with Crippen LogP contribution in [0.25, 0.3) is 22.0 Å². The van der Waals surface area contributed by atoms with E-state index in [9.17, 15) is 14.0 Å². The van der Waals surface area contributed by atoms with Gasteiger partial charge in [0.25, 0.3) is 5.91 Å². The number of piperidine rings is 1. The molecule has 2 aromatic carbocycles. The van der Waals surface area contributed by atoms with Crippen LogP contribution in [-0.2, 0) is 10.3 Å². The number of amides is 2. The number of rotatable bonds is 3. The highest BCUT2D eigenvalue weighted by atomic mass is 35.5. The first-order valence-electron chi connectivity index (χ1n) is 12.9. The molecule has 6 nitrogen and oxygen atoms in total. The van der Waals surface area contributed by atoms with Gasteiger partial charge in [-0.1, -0.05) is 23.7 Å². The van der Waals surface area contributed by atoms with Gasteiger partial charge in [0, 0.05) is 52.9 Å². The molecule has 0 bridgehead atoms. The van der Waals surface area contributed by atoms with E-state index in [1.807, 2.05) is 35.4 Å². The molecule has 1 aromatic heterocycles. The van der Waals surface area contributed by atoms with Crippen molar-refractivity contribution >= 4 is 34.3 Å². The average molecular weight is 525 g/mol. The zero-order valence-electron chi connectivity index (χ0n) is 22.1. The second kappa shape index (κ2) is 9.14. The highest BCUT2D eigenvalue weighted by Crippen LogP contribution is 2.37. The van der Waals surface area contributed by atoms with Gasteiger partial charge in [-0.15, -0.1) is 0 Å². The maximum atomic E-state index is 14.3. The van der Waals surface area contributed by atoms with Crippen molar-refractivity contribution in [2.45, 2.75) is 64.6 Å². The number of hydrogen-bond acceptors (Lipinski definition) is 3. The molecule has 5 rings (SSSR count). The van der Waals surface area contributed by atoms with Crippen molar-refractivity contribution in [2.75, 3.05) is 19.8 Å². The van der Waals surface area contributed by atoms with E-state index < -0.39 is 11.4 Å². The molecule has 37 heavy (non-hydrogen) atoms. The largest absolute Gasteiger partial charge is 0.342 e. The zero-order chi connectivity index (χ0) is 26.7. The van der Waals surface area contributed by atoms with Crippen LogP contribution in [0.2, 0.25) is 5.02 Å². The maximum absolute atomic E-state index is 14.3. The second-order valence-corrected chi connectivity index (χ2v) is 11.9. The van der Waals surface area contributed by atoms with E-state index in [0.29, 0.717) is 38.2 Å². The summed E-state index contributed by atoms with van der Waals surface area (Å²) in [6.07, 6.45) is 3.26. The van der Waals surface area contributed by atoms with Crippen molar-refractivity contribution in [3.8, 4) is 11.1 Å². The lowest BCUT2D eigenvalue weighted by molar-refractivity contribution is -0.129. The summed E-state index contributed by atoms with van der Waals surface area (Å²) < 4.78 is 16.4. The summed E-state index contributed by atoms with van der Waals surface area (Å²) in [6.45, 7) is 12.1. The van der Waals surface area contributed by atoms with Crippen LogP contribution >= 0.6 is 11.6 Å². The van der Waals surface area contributed by atoms with E-state index in [4.69, 9.17) is 11.6 Å². The Hall–Kier alpha value is -2.90. The van der Waals surface area contributed by atoms with Crippen molar-refractivity contribution in [1.82, 2.24) is 19.7 Å². The Kier molecular flexibility index (Phi) is 6.35. The average Bonchev–Trinajstić information content (AvgIpc) is 3.39. The first kappa shape index (κ1) is 25.7. The Morgan fingerprint density at radius 2 is 1.81 bits per heavy atom. The van der Waals surface area contributed by atoms with Gasteiger partial charge in [-0.2, -0.15) is 0 Å². The summed E-state index contributed by atoms with van der Waals surface area (Å²) in [4.78, 5) is 30.4. The molecule has 2 amide bonds. The zero-order valence-corrected chi connectivity index (χ0v) is 22.8. The molecule has 2 saturated heterocycles. The molecule has 2 fully saturated rings. The first-order valence-corrected chi connectivity index (χ1v) is 13.3. The van der Waals surface area contributed by atoms with Gasteiger partial charge in [0.05, 0.1) is 11.7 Å². The summed E-state index contributed by atoms with van der Waals surface area (Å²) in [7, 11) is 0.